The Bertz CT molecular complexity index is 417. The van der Waals surface area contributed by atoms with Gasteiger partial charge in [0.05, 0.1) is 7.11 Å². The molecule has 2 rings (SSSR count). The molecule has 0 unspecified atom stereocenters. The van der Waals surface area contributed by atoms with Gasteiger partial charge in [-0.25, -0.2) is 0 Å². The highest BCUT2D eigenvalue weighted by Crippen LogP contribution is 2.14. The van der Waals surface area contributed by atoms with Gasteiger partial charge in [0, 0.05) is 0 Å². The van der Waals surface area contributed by atoms with Crippen LogP contribution < -0.4 is 4.74 Å². The summed E-state index contributed by atoms with van der Waals surface area (Å²) in [7, 11) is 1.69. The van der Waals surface area contributed by atoms with Crippen LogP contribution >= 0.6 is 0 Å². The van der Waals surface area contributed by atoms with E-state index < -0.39 is 0 Å². The van der Waals surface area contributed by atoms with E-state index in [1.807, 2.05) is 18.2 Å². The lowest BCUT2D eigenvalue weighted by Gasteiger charge is -2.03. The van der Waals surface area contributed by atoms with Gasteiger partial charge in [-0.15, -0.1) is 0 Å². The maximum atomic E-state index is 5.12. The SMILES string of the molecule is COc1ccc(C[CH]c2ccccc2)cc1. The van der Waals surface area contributed by atoms with Crippen molar-refractivity contribution in [1.82, 2.24) is 0 Å². The van der Waals surface area contributed by atoms with Gasteiger partial charge in [-0.1, -0.05) is 42.5 Å². The van der Waals surface area contributed by atoms with E-state index >= 15 is 0 Å². The van der Waals surface area contributed by atoms with Crippen LogP contribution in [0.3, 0.4) is 0 Å². The Labute approximate surface area is 96.7 Å². The van der Waals surface area contributed by atoms with Crippen LogP contribution in [0.25, 0.3) is 0 Å². The molecule has 1 heteroatoms. The van der Waals surface area contributed by atoms with Crippen LogP contribution in [0, 0.1) is 6.42 Å². The van der Waals surface area contributed by atoms with Crippen molar-refractivity contribution in [2.24, 2.45) is 0 Å². The molecule has 16 heavy (non-hydrogen) atoms. The van der Waals surface area contributed by atoms with Gasteiger partial charge < -0.3 is 4.74 Å². The molecule has 2 aromatic carbocycles. The third kappa shape index (κ3) is 2.86. The van der Waals surface area contributed by atoms with Crippen LogP contribution in [0.15, 0.2) is 54.6 Å². The number of methoxy groups -OCH3 is 1. The fourth-order valence-corrected chi connectivity index (χ4v) is 1.59. The Morgan fingerprint density at radius 3 is 2.25 bits per heavy atom. The average Bonchev–Trinajstić information content (AvgIpc) is 2.38. The summed E-state index contributed by atoms with van der Waals surface area (Å²) in [6.07, 6.45) is 3.18. The van der Waals surface area contributed by atoms with Crippen molar-refractivity contribution in [3.8, 4) is 5.75 Å². The molecule has 0 amide bonds. The van der Waals surface area contributed by atoms with E-state index in [1.165, 1.54) is 11.1 Å². The normalized spacial score (nSPS) is 10.1. The monoisotopic (exact) mass is 211 g/mol. The molecule has 0 fully saturated rings. The van der Waals surface area contributed by atoms with Gasteiger partial charge in [-0.05, 0) is 36.1 Å². The van der Waals surface area contributed by atoms with E-state index in [-0.39, 0.29) is 0 Å². The van der Waals surface area contributed by atoms with Crippen LogP contribution in [0.2, 0.25) is 0 Å². The van der Waals surface area contributed by atoms with Gasteiger partial charge in [-0.3, -0.25) is 0 Å². The smallest absolute Gasteiger partial charge is 0.118 e. The van der Waals surface area contributed by atoms with E-state index in [1.54, 1.807) is 7.11 Å². The van der Waals surface area contributed by atoms with Gasteiger partial charge in [0.1, 0.15) is 5.75 Å². The quantitative estimate of drug-likeness (QED) is 0.752. The zero-order valence-corrected chi connectivity index (χ0v) is 9.39. The number of benzene rings is 2. The van der Waals surface area contributed by atoms with Crippen molar-refractivity contribution >= 4 is 0 Å². The predicted octanol–water partition coefficient (Wildman–Crippen LogP) is 3.49. The standard InChI is InChI=1S/C15H15O/c1-16-15-11-9-14(10-12-15)8-7-13-5-3-2-4-6-13/h2-7,9-12H,8H2,1H3. The van der Waals surface area contributed by atoms with E-state index in [0.717, 1.165) is 12.2 Å². The number of rotatable bonds is 4. The summed E-state index contributed by atoms with van der Waals surface area (Å²) in [5.74, 6) is 0.906. The van der Waals surface area contributed by atoms with Crippen LogP contribution in [0.4, 0.5) is 0 Å². The Kier molecular flexibility index (Phi) is 3.60. The van der Waals surface area contributed by atoms with Crippen LogP contribution in [-0.4, -0.2) is 7.11 Å². The molecule has 0 atom stereocenters. The van der Waals surface area contributed by atoms with Gasteiger partial charge in [0.25, 0.3) is 0 Å². The molecule has 0 aliphatic heterocycles. The highest BCUT2D eigenvalue weighted by atomic mass is 16.5. The molecule has 2 aromatic rings. The van der Waals surface area contributed by atoms with Gasteiger partial charge in [0.15, 0.2) is 0 Å². The van der Waals surface area contributed by atoms with Crippen molar-refractivity contribution in [2.45, 2.75) is 6.42 Å². The third-order valence-electron chi connectivity index (χ3n) is 2.53. The molecular formula is C15H15O. The van der Waals surface area contributed by atoms with E-state index in [9.17, 15) is 0 Å². The molecule has 1 radical (unpaired) electrons. The molecule has 0 saturated heterocycles. The first-order chi connectivity index (χ1) is 7.88. The Morgan fingerprint density at radius 2 is 1.62 bits per heavy atom. The van der Waals surface area contributed by atoms with E-state index in [4.69, 9.17) is 4.74 Å². The fraction of sp³-hybridized carbons (Fsp3) is 0.133. The topological polar surface area (TPSA) is 9.23 Å². The summed E-state index contributed by atoms with van der Waals surface area (Å²) < 4.78 is 5.12. The van der Waals surface area contributed by atoms with Gasteiger partial charge in [0.2, 0.25) is 0 Å². The molecular weight excluding hydrogens is 196 g/mol. The van der Waals surface area contributed by atoms with Crippen LogP contribution in [0.5, 0.6) is 5.75 Å². The number of hydrogen-bond donors (Lipinski definition) is 0. The summed E-state index contributed by atoms with van der Waals surface area (Å²) in [5, 5.41) is 0. The molecule has 0 N–H and O–H groups in total. The molecule has 0 aliphatic carbocycles. The minimum absolute atomic E-state index is 0.906. The lowest BCUT2D eigenvalue weighted by Crippen LogP contribution is -1.89. The summed E-state index contributed by atoms with van der Waals surface area (Å²) in [6.45, 7) is 0. The molecule has 81 valence electrons. The summed E-state index contributed by atoms with van der Waals surface area (Å²) >= 11 is 0. The van der Waals surface area contributed by atoms with E-state index in [2.05, 4.69) is 42.8 Å². The lowest BCUT2D eigenvalue weighted by atomic mass is 10.0. The highest BCUT2D eigenvalue weighted by molar-refractivity contribution is 5.31. The second kappa shape index (κ2) is 5.36. The first-order valence-corrected chi connectivity index (χ1v) is 5.39. The molecule has 0 aliphatic rings. The molecule has 0 heterocycles. The first-order valence-electron chi connectivity index (χ1n) is 5.39. The Hall–Kier alpha value is -1.76. The van der Waals surface area contributed by atoms with Crippen LogP contribution in [0.1, 0.15) is 11.1 Å². The summed E-state index contributed by atoms with van der Waals surface area (Å²) in [4.78, 5) is 0. The third-order valence-corrected chi connectivity index (χ3v) is 2.53. The Morgan fingerprint density at radius 1 is 0.938 bits per heavy atom. The van der Waals surface area contributed by atoms with Crippen LogP contribution in [-0.2, 0) is 6.42 Å². The molecule has 0 spiro atoms. The molecule has 0 saturated carbocycles. The minimum Gasteiger partial charge on any atom is -0.497 e. The minimum atomic E-state index is 0.906. The summed E-state index contributed by atoms with van der Waals surface area (Å²) in [5.41, 5.74) is 2.56. The maximum absolute atomic E-state index is 5.12. The van der Waals surface area contributed by atoms with Crippen molar-refractivity contribution in [3.63, 3.8) is 0 Å². The lowest BCUT2D eigenvalue weighted by molar-refractivity contribution is 0.414. The molecule has 0 bridgehead atoms. The largest absolute Gasteiger partial charge is 0.497 e. The zero-order valence-electron chi connectivity index (χ0n) is 9.39. The summed E-state index contributed by atoms with van der Waals surface area (Å²) in [6, 6.07) is 18.6. The Balaban J connectivity index is 1.94. The van der Waals surface area contributed by atoms with Crippen molar-refractivity contribution in [2.75, 3.05) is 7.11 Å². The van der Waals surface area contributed by atoms with Crippen molar-refractivity contribution in [1.29, 1.82) is 0 Å². The second-order valence-corrected chi connectivity index (χ2v) is 3.67. The van der Waals surface area contributed by atoms with E-state index in [0.29, 0.717) is 0 Å². The highest BCUT2D eigenvalue weighted by Gasteiger charge is 1.96. The number of ether oxygens (including phenoxy) is 1. The van der Waals surface area contributed by atoms with Gasteiger partial charge >= 0.3 is 0 Å². The fourth-order valence-electron chi connectivity index (χ4n) is 1.59. The maximum Gasteiger partial charge on any atom is 0.118 e. The van der Waals surface area contributed by atoms with Crippen molar-refractivity contribution < 1.29 is 4.74 Å². The first kappa shape index (κ1) is 10.7. The number of hydrogen-bond acceptors (Lipinski definition) is 1. The van der Waals surface area contributed by atoms with Gasteiger partial charge in [-0.2, -0.15) is 0 Å². The average molecular weight is 211 g/mol. The predicted molar refractivity (Wildman–Crippen MR) is 66.5 cm³/mol. The molecule has 1 nitrogen and oxygen atoms in total. The zero-order chi connectivity index (χ0) is 11.2. The van der Waals surface area contributed by atoms with Crippen molar-refractivity contribution in [3.05, 3.63) is 72.1 Å². The molecule has 0 aromatic heterocycles. The second-order valence-electron chi connectivity index (χ2n) is 3.67.